The van der Waals surface area contributed by atoms with Crippen molar-refractivity contribution in [3.05, 3.63) is 36.2 Å². The Bertz CT molecular complexity index is 863. The molecule has 1 atom stereocenters. The molecule has 0 saturated carbocycles. The Hall–Kier alpha value is -2.23. The van der Waals surface area contributed by atoms with Gasteiger partial charge in [-0.25, -0.2) is 4.98 Å². The molecule has 3 aliphatic heterocycles. The number of morpholine rings is 1. The van der Waals surface area contributed by atoms with Crippen LogP contribution in [-0.4, -0.2) is 80.5 Å². The summed E-state index contributed by atoms with van der Waals surface area (Å²) in [5.41, 5.74) is 0.731. The number of imidazole rings is 1. The fourth-order valence-electron chi connectivity index (χ4n) is 4.74. The molecule has 2 fully saturated rings. The molecule has 2 saturated heterocycles. The largest absolute Gasteiger partial charge is 0.378 e. The lowest BCUT2D eigenvalue weighted by atomic mass is 9.88. The summed E-state index contributed by atoms with van der Waals surface area (Å²) in [5, 5.41) is 4.26. The second kappa shape index (κ2) is 7.55. The van der Waals surface area contributed by atoms with Gasteiger partial charge in [0.2, 0.25) is 0 Å². The predicted octanol–water partition coefficient (Wildman–Crippen LogP) is 0.366. The maximum absolute atomic E-state index is 13.1. The molecule has 0 bridgehead atoms. The van der Waals surface area contributed by atoms with Gasteiger partial charge in [0, 0.05) is 63.9 Å². The van der Waals surface area contributed by atoms with E-state index in [0.717, 1.165) is 38.3 Å². The van der Waals surface area contributed by atoms with Crippen LogP contribution >= 0.6 is 0 Å². The minimum Gasteiger partial charge on any atom is -0.378 e. The number of piperidine rings is 1. The highest BCUT2D eigenvalue weighted by atomic mass is 16.5. The van der Waals surface area contributed by atoms with Crippen molar-refractivity contribution in [3.63, 3.8) is 0 Å². The van der Waals surface area contributed by atoms with Crippen LogP contribution < -0.4 is 0 Å². The van der Waals surface area contributed by atoms with E-state index in [-0.39, 0.29) is 5.91 Å². The van der Waals surface area contributed by atoms with Crippen molar-refractivity contribution in [2.45, 2.75) is 37.6 Å². The number of carbonyl (C=O) groups is 1. The molecule has 9 heteroatoms. The molecule has 0 N–H and O–H groups in total. The van der Waals surface area contributed by atoms with Gasteiger partial charge in [0.15, 0.2) is 6.10 Å². The molecule has 9 nitrogen and oxygen atoms in total. The van der Waals surface area contributed by atoms with Gasteiger partial charge in [0.05, 0.1) is 26.0 Å². The summed E-state index contributed by atoms with van der Waals surface area (Å²) in [6, 6.07) is 0. The number of nitrogens with zero attached hydrogens (tertiary/aromatic N) is 6. The maximum atomic E-state index is 13.1. The number of hydrogen-bond donors (Lipinski definition) is 0. The summed E-state index contributed by atoms with van der Waals surface area (Å²) in [6.45, 7) is 5.71. The van der Waals surface area contributed by atoms with E-state index in [4.69, 9.17) is 9.47 Å². The minimum atomic E-state index is -0.486. The third kappa shape index (κ3) is 3.58. The first kappa shape index (κ1) is 18.8. The van der Waals surface area contributed by atoms with Gasteiger partial charge in [-0.15, -0.1) is 0 Å². The zero-order valence-corrected chi connectivity index (χ0v) is 16.9. The number of ether oxygens (including phenoxy) is 2. The topological polar surface area (TPSA) is 77.6 Å². The summed E-state index contributed by atoms with van der Waals surface area (Å²) in [5.74, 6) is 1.04. The number of aromatic nitrogens is 4. The number of amides is 1. The number of likely N-dealkylation sites (tertiary alicyclic amines) is 1. The Morgan fingerprint density at radius 1 is 1.24 bits per heavy atom. The summed E-state index contributed by atoms with van der Waals surface area (Å²) < 4.78 is 15.9. The van der Waals surface area contributed by atoms with Gasteiger partial charge in [0.1, 0.15) is 11.4 Å². The summed E-state index contributed by atoms with van der Waals surface area (Å²) in [7, 11) is 1.94. The highest BCUT2D eigenvalue weighted by Gasteiger charge is 2.47. The SMILES string of the molecule is Cn1cc(CN2CCC3(CC2)OC(C(=O)N2CCOCC2)Cn2ccnc23)cn1. The molecular formula is C20H28N6O3. The van der Waals surface area contributed by atoms with Crippen molar-refractivity contribution in [1.82, 2.24) is 29.1 Å². The van der Waals surface area contributed by atoms with Crippen LogP contribution in [0, 0.1) is 0 Å². The molecule has 0 aliphatic carbocycles. The van der Waals surface area contributed by atoms with E-state index in [2.05, 4.69) is 25.7 Å². The van der Waals surface area contributed by atoms with Crippen LogP contribution in [0.2, 0.25) is 0 Å². The van der Waals surface area contributed by atoms with Crippen LogP contribution in [0.4, 0.5) is 0 Å². The van der Waals surface area contributed by atoms with Gasteiger partial charge >= 0.3 is 0 Å². The number of fused-ring (bicyclic) bond motifs is 2. The van der Waals surface area contributed by atoms with E-state index in [1.54, 1.807) is 0 Å². The average molecular weight is 400 g/mol. The lowest BCUT2D eigenvalue weighted by Crippen LogP contribution is -2.55. The number of hydrogen-bond acceptors (Lipinski definition) is 6. The van der Waals surface area contributed by atoms with Crippen molar-refractivity contribution in [1.29, 1.82) is 0 Å². The molecule has 2 aromatic heterocycles. The zero-order valence-electron chi connectivity index (χ0n) is 16.9. The quantitative estimate of drug-likeness (QED) is 0.741. The Morgan fingerprint density at radius 2 is 2.03 bits per heavy atom. The van der Waals surface area contributed by atoms with E-state index in [9.17, 15) is 4.79 Å². The van der Waals surface area contributed by atoms with Gasteiger partial charge in [-0.1, -0.05) is 0 Å². The van der Waals surface area contributed by atoms with Crippen molar-refractivity contribution >= 4 is 5.91 Å². The van der Waals surface area contributed by atoms with Gasteiger partial charge in [-0.2, -0.15) is 5.10 Å². The Morgan fingerprint density at radius 3 is 2.76 bits per heavy atom. The summed E-state index contributed by atoms with van der Waals surface area (Å²) in [4.78, 5) is 22.0. The first-order valence-electron chi connectivity index (χ1n) is 10.4. The van der Waals surface area contributed by atoms with Gasteiger partial charge in [-0.05, 0) is 12.8 Å². The molecule has 1 amide bonds. The van der Waals surface area contributed by atoms with Crippen LogP contribution in [0.3, 0.4) is 0 Å². The van der Waals surface area contributed by atoms with Crippen molar-refractivity contribution in [3.8, 4) is 0 Å². The monoisotopic (exact) mass is 400 g/mol. The summed E-state index contributed by atoms with van der Waals surface area (Å²) in [6.07, 6.45) is 8.98. The number of aryl methyl sites for hydroxylation is 1. The zero-order chi connectivity index (χ0) is 19.8. The lowest BCUT2D eigenvalue weighted by Gasteiger charge is -2.46. The standard InChI is InChI=1S/C20H28N6O3/c1-23-13-16(12-22-23)14-24-5-2-20(3-6-24)19-21-4-7-26(19)15-17(29-20)18(27)25-8-10-28-11-9-25/h4,7,12-13,17H,2-3,5-6,8-11,14-15H2,1H3. The third-order valence-corrected chi connectivity index (χ3v) is 6.28. The van der Waals surface area contributed by atoms with Gasteiger partial charge in [-0.3, -0.25) is 14.4 Å². The molecule has 3 aliphatic rings. The highest BCUT2D eigenvalue weighted by molar-refractivity contribution is 5.81. The Balaban J connectivity index is 1.30. The fraction of sp³-hybridized carbons (Fsp3) is 0.650. The highest BCUT2D eigenvalue weighted by Crippen LogP contribution is 2.40. The molecule has 2 aromatic rings. The van der Waals surface area contributed by atoms with Gasteiger partial charge in [0.25, 0.3) is 5.91 Å². The van der Waals surface area contributed by atoms with Crippen LogP contribution in [0.15, 0.2) is 24.8 Å². The second-order valence-electron chi connectivity index (χ2n) is 8.24. The molecule has 5 rings (SSSR count). The summed E-state index contributed by atoms with van der Waals surface area (Å²) >= 11 is 0. The Labute approximate surface area is 170 Å². The average Bonchev–Trinajstić information content (AvgIpc) is 3.39. The van der Waals surface area contributed by atoms with Crippen molar-refractivity contribution in [2.24, 2.45) is 7.05 Å². The molecule has 29 heavy (non-hydrogen) atoms. The van der Waals surface area contributed by atoms with Gasteiger partial charge < -0.3 is 18.9 Å². The van der Waals surface area contributed by atoms with Crippen molar-refractivity contribution in [2.75, 3.05) is 39.4 Å². The molecule has 5 heterocycles. The number of rotatable bonds is 3. The Kier molecular flexibility index (Phi) is 4.89. The van der Waals surface area contributed by atoms with Crippen LogP contribution in [-0.2, 0) is 40.0 Å². The molecular weight excluding hydrogens is 372 g/mol. The normalized spacial score (nSPS) is 24.6. The van der Waals surface area contributed by atoms with E-state index in [1.165, 1.54) is 5.56 Å². The minimum absolute atomic E-state index is 0.0739. The maximum Gasteiger partial charge on any atom is 0.253 e. The molecule has 0 aromatic carbocycles. The molecule has 0 radical (unpaired) electrons. The first-order chi connectivity index (χ1) is 14.1. The van der Waals surface area contributed by atoms with E-state index in [1.807, 2.05) is 35.2 Å². The van der Waals surface area contributed by atoms with E-state index in [0.29, 0.717) is 32.8 Å². The number of carbonyl (C=O) groups excluding carboxylic acids is 1. The van der Waals surface area contributed by atoms with E-state index < -0.39 is 11.7 Å². The smallest absolute Gasteiger partial charge is 0.253 e. The fourth-order valence-corrected chi connectivity index (χ4v) is 4.74. The van der Waals surface area contributed by atoms with E-state index >= 15 is 0 Å². The van der Waals surface area contributed by atoms with Crippen LogP contribution in [0.25, 0.3) is 0 Å². The third-order valence-electron chi connectivity index (χ3n) is 6.28. The lowest BCUT2D eigenvalue weighted by molar-refractivity contribution is -0.183. The molecule has 156 valence electrons. The second-order valence-corrected chi connectivity index (χ2v) is 8.24. The molecule has 1 spiro atoms. The van der Waals surface area contributed by atoms with Crippen molar-refractivity contribution < 1.29 is 14.3 Å². The first-order valence-corrected chi connectivity index (χ1v) is 10.4. The predicted molar refractivity (Wildman–Crippen MR) is 104 cm³/mol. The van der Waals surface area contributed by atoms with Crippen LogP contribution in [0.1, 0.15) is 24.2 Å². The van der Waals surface area contributed by atoms with Crippen LogP contribution in [0.5, 0.6) is 0 Å². The molecule has 1 unspecified atom stereocenters.